The largest absolute Gasteiger partial charge is 0.354 e. The summed E-state index contributed by atoms with van der Waals surface area (Å²) < 4.78 is 1.61. The molecule has 162 valence electrons. The number of pyridine rings is 1. The van der Waals surface area contributed by atoms with Gasteiger partial charge in [0.2, 0.25) is 11.8 Å². The number of H-pyrrole nitrogens is 1. The third kappa shape index (κ3) is 3.62. The zero-order valence-electron chi connectivity index (χ0n) is 17.5. The van der Waals surface area contributed by atoms with Gasteiger partial charge in [-0.05, 0) is 61.6 Å². The molecule has 32 heavy (non-hydrogen) atoms. The van der Waals surface area contributed by atoms with Crippen molar-refractivity contribution >= 4 is 28.4 Å². The molecule has 1 fully saturated rings. The molecule has 1 aliphatic carbocycles. The minimum Gasteiger partial charge on any atom is -0.354 e. The lowest BCUT2D eigenvalue weighted by Gasteiger charge is -2.16. The van der Waals surface area contributed by atoms with Crippen molar-refractivity contribution in [3.8, 4) is 11.1 Å². The summed E-state index contributed by atoms with van der Waals surface area (Å²) in [5, 5.41) is 15.3. The Kier molecular flexibility index (Phi) is 4.93. The van der Waals surface area contributed by atoms with E-state index in [0.29, 0.717) is 19.4 Å². The SMILES string of the molecule is C=CC(=O)NC1(C(=O)NCCCc2cc3c(-c4cnn5ncccc45)ccnc3[nH]2)CC1. The fraction of sp³-hybridized carbons (Fsp3) is 0.261. The molecule has 0 saturated heterocycles. The molecule has 1 aliphatic rings. The van der Waals surface area contributed by atoms with Crippen LogP contribution >= 0.6 is 0 Å². The van der Waals surface area contributed by atoms with Crippen LogP contribution in [0.1, 0.15) is 25.0 Å². The van der Waals surface area contributed by atoms with Gasteiger partial charge >= 0.3 is 0 Å². The molecule has 2 amide bonds. The summed E-state index contributed by atoms with van der Waals surface area (Å²) in [5.74, 6) is -0.448. The zero-order valence-corrected chi connectivity index (χ0v) is 17.5. The standard InChI is InChI=1S/C23H23N7O2/c1-2-20(31)29-23(8-9-23)22(32)25-10-3-5-15-13-17-16(7-12-24-21(17)28-15)18-14-27-30-19(18)6-4-11-26-30/h2,4,6-7,11-14H,1,3,5,8-10H2,(H,24,28)(H,25,32)(H,29,31). The van der Waals surface area contributed by atoms with Crippen LogP contribution in [0.15, 0.2) is 55.5 Å². The van der Waals surface area contributed by atoms with E-state index in [0.717, 1.165) is 46.2 Å². The van der Waals surface area contributed by atoms with Crippen LogP contribution in [-0.2, 0) is 16.0 Å². The molecular weight excluding hydrogens is 406 g/mol. The molecule has 9 nitrogen and oxygen atoms in total. The molecule has 1 saturated carbocycles. The van der Waals surface area contributed by atoms with Crippen molar-refractivity contribution in [3.05, 3.63) is 61.2 Å². The molecule has 0 aromatic carbocycles. The number of rotatable bonds is 8. The van der Waals surface area contributed by atoms with Gasteiger partial charge in [-0.1, -0.05) is 6.58 Å². The second kappa shape index (κ2) is 7.92. The first kappa shape index (κ1) is 19.9. The maximum atomic E-state index is 12.4. The molecule has 0 aliphatic heterocycles. The maximum absolute atomic E-state index is 12.4. The van der Waals surface area contributed by atoms with Crippen molar-refractivity contribution in [2.45, 2.75) is 31.2 Å². The summed E-state index contributed by atoms with van der Waals surface area (Å²) in [7, 11) is 0. The third-order valence-corrected chi connectivity index (χ3v) is 5.82. The van der Waals surface area contributed by atoms with Crippen LogP contribution in [-0.4, -0.2) is 48.7 Å². The summed E-state index contributed by atoms with van der Waals surface area (Å²) in [6.45, 7) is 3.96. The van der Waals surface area contributed by atoms with Gasteiger partial charge in [0, 0.05) is 35.6 Å². The quantitative estimate of drug-likeness (QED) is 0.293. The van der Waals surface area contributed by atoms with Gasteiger partial charge in [0.1, 0.15) is 11.2 Å². The Morgan fingerprint density at radius 3 is 2.91 bits per heavy atom. The van der Waals surface area contributed by atoms with Gasteiger partial charge in [0.15, 0.2) is 0 Å². The number of hydrogen-bond acceptors (Lipinski definition) is 5. The molecule has 0 radical (unpaired) electrons. The highest BCUT2D eigenvalue weighted by molar-refractivity contribution is 5.98. The van der Waals surface area contributed by atoms with E-state index in [1.165, 1.54) is 6.08 Å². The number of nitrogens with one attached hydrogen (secondary N) is 3. The molecule has 0 bridgehead atoms. The van der Waals surface area contributed by atoms with Gasteiger partial charge in [0.25, 0.3) is 0 Å². The smallest absolute Gasteiger partial charge is 0.245 e. The second-order valence-electron chi connectivity index (χ2n) is 8.01. The first-order valence-corrected chi connectivity index (χ1v) is 10.6. The van der Waals surface area contributed by atoms with Crippen molar-refractivity contribution in [2.24, 2.45) is 0 Å². The van der Waals surface area contributed by atoms with E-state index in [4.69, 9.17) is 0 Å². The van der Waals surface area contributed by atoms with Crippen molar-refractivity contribution in [1.29, 1.82) is 0 Å². The van der Waals surface area contributed by atoms with Crippen molar-refractivity contribution in [2.75, 3.05) is 6.54 Å². The topological polar surface area (TPSA) is 117 Å². The zero-order chi connectivity index (χ0) is 22.1. The third-order valence-electron chi connectivity index (χ3n) is 5.82. The van der Waals surface area contributed by atoms with E-state index in [-0.39, 0.29) is 11.8 Å². The lowest BCUT2D eigenvalue weighted by Crippen LogP contribution is -2.48. The minimum absolute atomic E-state index is 0.130. The first-order chi connectivity index (χ1) is 15.6. The lowest BCUT2D eigenvalue weighted by atomic mass is 10.1. The van der Waals surface area contributed by atoms with Gasteiger partial charge in [-0.25, -0.2) is 4.98 Å². The number of carbonyl (C=O) groups excluding carboxylic acids is 2. The van der Waals surface area contributed by atoms with Crippen LogP contribution in [0.2, 0.25) is 0 Å². The average Bonchev–Trinajstić information content (AvgIpc) is 3.28. The monoisotopic (exact) mass is 429 g/mol. The molecule has 5 rings (SSSR count). The Morgan fingerprint density at radius 2 is 2.09 bits per heavy atom. The van der Waals surface area contributed by atoms with Gasteiger partial charge in [-0.3, -0.25) is 9.59 Å². The number of aryl methyl sites for hydroxylation is 1. The molecule has 0 spiro atoms. The van der Waals surface area contributed by atoms with Crippen LogP contribution < -0.4 is 10.6 Å². The predicted octanol–water partition coefficient (Wildman–Crippen LogP) is 2.16. The maximum Gasteiger partial charge on any atom is 0.245 e. The van der Waals surface area contributed by atoms with Gasteiger partial charge < -0.3 is 15.6 Å². The van der Waals surface area contributed by atoms with Crippen molar-refractivity contribution in [3.63, 3.8) is 0 Å². The predicted molar refractivity (Wildman–Crippen MR) is 120 cm³/mol. The first-order valence-electron chi connectivity index (χ1n) is 10.6. The number of aromatic nitrogens is 5. The van der Waals surface area contributed by atoms with Crippen LogP contribution in [0.4, 0.5) is 0 Å². The Balaban J connectivity index is 1.26. The highest BCUT2D eigenvalue weighted by Gasteiger charge is 2.50. The molecule has 4 heterocycles. The van der Waals surface area contributed by atoms with Gasteiger partial charge in [-0.15, -0.1) is 0 Å². The summed E-state index contributed by atoms with van der Waals surface area (Å²) in [4.78, 5) is 31.8. The molecule has 0 atom stereocenters. The molecule has 3 N–H and O–H groups in total. The Bertz CT molecular complexity index is 1330. The van der Waals surface area contributed by atoms with Crippen LogP contribution in [0.5, 0.6) is 0 Å². The number of carbonyl (C=O) groups is 2. The van der Waals surface area contributed by atoms with Crippen LogP contribution in [0.3, 0.4) is 0 Å². The average molecular weight is 429 g/mol. The Morgan fingerprint density at radius 1 is 1.22 bits per heavy atom. The minimum atomic E-state index is -0.756. The number of aromatic amines is 1. The fourth-order valence-corrected chi connectivity index (χ4v) is 3.96. The molecular formula is C23H23N7O2. The van der Waals surface area contributed by atoms with Crippen LogP contribution in [0.25, 0.3) is 27.7 Å². The number of nitrogens with zero attached hydrogens (tertiary/aromatic N) is 4. The summed E-state index contributed by atoms with van der Waals surface area (Å²) in [5.41, 5.74) is 4.08. The Hall–Kier alpha value is -4.01. The van der Waals surface area contributed by atoms with E-state index >= 15 is 0 Å². The Labute approximate surface area is 183 Å². The van der Waals surface area contributed by atoms with Gasteiger partial charge in [0.05, 0.1) is 11.7 Å². The van der Waals surface area contributed by atoms with Crippen LogP contribution in [0, 0.1) is 0 Å². The van der Waals surface area contributed by atoms with Crippen molar-refractivity contribution < 1.29 is 9.59 Å². The van der Waals surface area contributed by atoms with E-state index in [2.05, 4.69) is 43.4 Å². The number of hydrogen-bond donors (Lipinski definition) is 3. The highest BCUT2D eigenvalue weighted by Crippen LogP contribution is 2.35. The van der Waals surface area contributed by atoms with E-state index in [9.17, 15) is 9.59 Å². The van der Waals surface area contributed by atoms with Gasteiger partial charge in [-0.2, -0.15) is 14.8 Å². The van der Waals surface area contributed by atoms with Crippen molar-refractivity contribution in [1.82, 2.24) is 35.4 Å². The molecule has 4 aromatic heterocycles. The summed E-state index contributed by atoms with van der Waals surface area (Å²) >= 11 is 0. The molecule has 4 aromatic rings. The number of amides is 2. The highest BCUT2D eigenvalue weighted by atomic mass is 16.2. The molecule has 0 unspecified atom stereocenters. The fourth-order valence-electron chi connectivity index (χ4n) is 3.96. The van der Waals surface area contributed by atoms with E-state index in [1.54, 1.807) is 17.0 Å². The lowest BCUT2D eigenvalue weighted by molar-refractivity contribution is -0.128. The van der Waals surface area contributed by atoms with E-state index < -0.39 is 5.54 Å². The molecule has 9 heteroatoms. The summed E-state index contributed by atoms with van der Waals surface area (Å²) in [6, 6.07) is 7.97. The summed E-state index contributed by atoms with van der Waals surface area (Å²) in [6.07, 6.45) is 9.34. The second-order valence-corrected chi connectivity index (χ2v) is 8.01. The number of fused-ring (bicyclic) bond motifs is 2. The van der Waals surface area contributed by atoms with E-state index in [1.807, 2.05) is 24.4 Å². The normalized spacial score (nSPS) is 14.4.